The Morgan fingerprint density at radius 2 is 1.80 bits per heavy atom. The molecule has 1 heterocycles. The van der Waals surface area contributed by atoms with Gasteiger partial charge >= 0.3 is 0 Å². The van der Waals surface area contributed by atoms with Crippen LogP contribution in [0.2, 0.25) is 0 Å². The maximum absolute atomic E-state index is 12.3. The van der Waals surface area contributed by atoms with E-state index in [1.54, 1.807) is 12.1 Å². The lowest BCUT2D eigenvalue weighted by atomic mass is 9.99. The maximum Gasteiger partial charge on any atom is 0.260 e. The summed E-state index contributed by atoms with van der Waals surface area (Å²) in [5, 5.41) is 6.00. The summed E-state index contributed by atoms with van der Waals surface area (Å²) in [5.41, 5.74) is 2.82. The molecule has 0 bridgehead atoms. The van der Waals surface area contributed by atoms with Crippen molar-refractivity contribution in [2.24, 2.45) is 0 Å². The van der Waals surface area contributed by atoms with Crippen LogP contribution in [0.1, 0.15) is 44.6 Å². The first kappa shape index (κ1) is 21.7. The molecule has 2 aromatic rings. The van der Waals surface area contributed by atoms with Crippen molar-refractivity contribution in [1.29, 1.82) is 0 Å². The summed E-state index contributed by atoms with van der Waals surface area (Å²) >= 11 is 0. The zero-order valence-electron chi connectivity index (χ0n) is 17.8. The molecule has 0 aliphatic carbocycles. The predicted octanol–water partition coefficient (Wildman–Crippen LogP) is 4.25. The number of carbonyl (C=O) groups is 2. The van der Waals surface area contributed by atoms with E-state index in [-0.39, 0.29) is 25.0 Å². The Morgan fingerprint density at radius 1 is 1.07 bits per heavy atom. The van der Waals surface area contributed by atoms with Crippen LogP contribution in [0.15, 0.2) is 48.5 Å². The molecule has 0 saturated carbocycles. The summed E-state index contributed by atoms with van der Waals surface area (Å²) in [6.07, 6.45) is 3.22. The van der Waals surface area contributed by atoms with Crippen LogP contribution in [0, 0.1) is 0 Å². The van der Waals surface area contributed by atoms with Gasteiger partial charge in [0, 0.05) is 30.5 Å². The van der Waals surface area contributed by atoms with E-state index in [2.05, 4.69) is 36.6 Å². The number of hydrogen-bond acceptors (Lipinski definition) is 4. The molecule has 160 valence electrons. The summed E-state index contributed by atoms with van der Waals surface area (Å²) in [4.78, 5) is 26.2. The second-order valence-corrected chi connectivity index (χ2v) is 7.74. The van der Waals surface area contributed by atoms with Crippen LogP contribution in [0.25, 0.3) is 0 Å². The number of likely N-dealkylation sites (tertiary alicyclic amines) is 1. The number of carbonyl (C=O) groups excluding carboxylic acids is 2. The molecule has 3 rings (SSSR count). The average molecular weight is 410 g/mol. The Labute approximate surface area is 178 Å². The lowest BCUT2D eigenvalue weighted by Crippen LogP contribution is -2.32. The van der Waals surface area contributed by atoms with E-state index in [4.69, 9.17) is 4.74 Å². The number of anilines is 2. The van der Waals surface area contributed by atoms with Gasteiger partial charge in [-0.15, -0.1) is 0 Å². The average Bonchev–Trinajstić information content (AvgIpc) is 3.31. The van der Waals surface area contributed by atoms with Crippen molar-refractivity contribution in [1.82, 2.24) is 4.90 Å². The third-order valence-corrected chi connectivity index (χ3v) is 5.48. The van der Waals surface area contributed by atoms with Crippen molar-refractivity contribution >= 4 is 23.2 Å². The molecular formula is C24H31N3O3. The molecule has 0 radical (unpaired) electrons. The minimum Gasteiger partial charge on any atom is -0.484 e. The standard InChI is InChI=1S/C24H31N3O3/c1-3-18(2)19-9-11-20(12-10-19)26-23(28)16-25-21-7-6-8-22(15-21)30-17-24(29)27-13-4-5-14-27/h6-12,15,18,25H,3-5,13-14,16-17H2,1-2H3,(H,26,28). The minimum absolute atomic E-state index is 0.0181. The van der Waals surface area contributed by atoms with Crippen LogP contribution in [0.4, 0.5) is 11.4 Å². The van der Waals surface area contributed by atoms with E-state index in [0.717, 1.165) is 43.7 Å². The summed E-state index contributed by atoms with van der Waals surface area (Å²) in [6.45, 7) is 6.17. The molecule has 0 spiro atoms. The van der Waals surface area contributed by atoms with Crippen molar-refractivity contribution in [2.75, 3.05) is 36.9 Å². The highest BCUT2D eigenvalue weighted by Crippen LogP contribution is 2.21. The van der Waals surface area contributed by atoms with Crippen LogP contribution in [0.3, 0.4) is 0 Å². The Morgan fingerprint density at radius 3 is 2.50 bits per heavy atom. The smallest absolute Gasteiger partial charge is 0.260 e. The van der Waals surface area contributed by atoms with Crippen LogP contribution >= 0.6 is 0 Å². The third-order valence-electron chi connectivity index (χ3n) is 5.48. The zero-order chi connectivity index (χ0) is 21.3. The molecule has 1 aliphatic rings. The molecule has 0 aromatic heterocycles. The highest BCUT2D eigenvalue weighted by atomic mass is 16.5. The second-order valence-electron chi connectivity index (χ2n) is 7.74. The Kier molecular flexibility index (Phi) is 7.71. The zero-order valence-corrected chi connectivity index (χ0v) is 17.8. The topological polar surface area (TPSA) is 70.7 Å². The molecule has 1 atom stereocenters. The van der Waals surface area contributed by atoms with E-state index >= 15 is 0 Å². The predicted molar refractivity (Wildman–Crippen MR) is 120 cm³/mol. The van der Waals surface area contributed by atoms with Gasteiger partial charge in [-0.2, -0.15) is 0 Å². The lowest BCUT2D eigenvalue weighted by Gasteiger charge is -2.16. The van der Waals surface area contributed by atoms with Gasteiger partial charge in [0.1, 0.15) is 5.75 Å². The number of ether oxygens (including phenoxy) is 1. The van der Waals surface area contributed by atoms with Gasteiger partial charge in [-0.05, 0) is 55.0 Å². The van der Waals surface area contributed by atoms with Crippen LogP contribution in [-0.4, -0.2) is 43.0 Å². The lowest BCUT2D eigenvalue weighted by molar-refractivity contribution is -0.132. The summed E-state index contributed by atoms with van der Waals surface area (Å²) in [6, 6.07) is 15.3. The molecule has 6 nitrogen and oxygen atoms in total. The highest BCUT2D eigenvalue weighted by molar-refractivity contribution is 5.93. The molecule has 2 amide bonds. The molecule has 30 heavy (non-hydrogen) atoms. The van der Waals surface area contributed by atoms with Crippen molar-refractivity contribution in [3.8, 4) is 5.75 Å². The molecule has 1 saturated heterocycles. The maximum atomic E-state index is 12.3. The summed E-state index contributed by atoms with van der Waals surface area (Å²) in [7, 11) is 0. The minimum atomic E-state index is -0.123. The number of rotatable bonds is 9. The number of amides is 2. The molecule has 1 aliphatic heterocycles. The quantitative estimate of drug-likeness (QED) is 0.649. The Bertz CT molecular complexity index is 845. The van der Waals surface area contributed by atoms with Gasteiger partial charge in [0.25, 0.3) is 5.91 Å². The van der Waals surface area contributed by atoms with Gasteiger partial charge in [0.15, 0.2) is 6.61 Å². The first-order chi connectivity index (χ1) is 14.5. The highest BCUT2D eigenvalue weighted by Gasteiger charge is 2.18. The molecule has 2 aromatic carbocycles. The van der Waals surface area contributed by atoms with Crippen molar-refractivity contribution in [3.63, 3.8) is 0 Å². The second kappa shape index (κ2) is 10.7. The molecule has 1 fully saturated rings. The molecule has 1 unspecified atom stereocenters. The number of nitrogens with zero attached hydrogens (tertiary/aromatic N) is 1. The normalized spacial score (nSPS) is 14.3. The van der Waals surface area contributed by atoms with Gasteiger partial charge in [0.05, 0.1) is 6.54 Å². The molecular weight excluding hydrogens is 378 g/mol. The van der Waals surface area contributed by atoms with E-state index in [0.29, 0.717) is 11.7 Å². The van der Waals surface area contributed by atoms with Crippen LogP contribution in [0.5, 0.6) is 5.75 Å². The Balaban J connectivity index is 1.45. The van der Waals surface area contributed by atoms with Gasteiger partial charge in [-0.25, -0.2) is 0 Å². The fourth-order valence-electron chi connectivity index (χ4n) is 3.42. The fourth-order valence-corrected chi connectivity index (χ4v) is 3.42. The van der Waals surface area contributed by atoms with Crippen molar-refractivity contribution in [2.45, 2.75) is 39.0 Å². The summed E-state index contributed by atoms with van der Waals surface area (Å²) < 4.78 is 5.63. The largest absolute Gasteiger partial charge is 0.484 e. The first-order valence-corrected chi connectivity index (χ1v) is 10.7. The number of hydrogen-bond donors (Lipinski definition) is 2. The number of nitrogens with one attached hydrogen (secondary N) is 2. The van der Waals surface area contributed by atoms with E-state index in [1.165, 1.54) is 5.56 Å². The first-order valence-electron chi connectivity index (χ1n) is 10.7. The fraction of sp³-hybridized carbons (Fsp3) is 0.417. The number of benzene rings is 2. The third kappa shape index (κ3) is 6.24. The van der Waals surface area contributed by atoms with Gasteiger partial charge in [0.2, 0.25) is 5.91 Å². The molecule has 2 N–H and O–H groups in total. The summed E-state index contributed by atoms with van der Waals surface area (Å²) in [5.74, 6) is 1.01. The SMILES string of the molecule is CCC(C)c1ccc(NC(=O)CNc2cccc(OCC(=O)N3CCCC3)c2)cc1. The molecule has 6 heteroatoms. The Hall–Kier alpha value is -3.02. The van der Waals surface area contributed by atoms with Gasteiger partial charge < -0.3 is 20.3 Å². The van der Waals surface area contributed by atoms with Crippen LogP contribution < -0.4 is 15.4 Å². The van der Waals surface area contributed by atoms with Crippen molar-refractivity contribution in [3.05, 3.63) is 54.1 Å². The van der Waals surface area contributed by atoms with Crippen molar-refractivity contribution < 1.29 is 14.3 Å². The van der Waals surface area contributed by atoms with E-state index in [1.807, 2.05) is 29.2 Å². The monoisotopic (exact) mass is 409 g/mol. The van der Waals surface area contributed by atoms with Gasteiger partial charge in [-0.3, -0.25) is 9.59 Å². The van der Waals surface area contributed by atoms with E-state index in [9.17, 15) is 9.59 Å². The van der Waals surface area contributed by atoms with Gasteiger partial charge in [-0.1, -0.05) is 32.0 Å². The van der Waals surface area contributed by atoms with E-state index < -0.39 is 0 Å². The van der Waals surface area contributed by atoms with Crippen LogP contribution in [-0.2, 0) is 9.59 Å².